The molecule has 0 aliphatic heterocycles. The molecule has 1 atom stereocenters. The van der Waals surface area contributed by atoms with Crippen LogP contribution in [0, 0.1) is 0 Å². The van der Waals surface area contributed by atoms with E-state index in [-0.39, 0.29) is 6.04 Å². The van der Waals surface area contributed by atoms with Gasteiger partial charge >= 0.3 is 0 Å². The summed E-state index contributed by atoms with van der Waals surface area (Å²) in [5.41, 5.74) is 2.21. The van der Waals surface area contributed by atoms with Crippen molar-refractivity contribution in [2.45, 2.75) is 13.0 Å². The van der Waals surface area contributed by atoms with E-state index in [0.29, 0.717) is 0 Å². The van der Waals surface area contributed by atoms with Gasteiger partial charge in [0.2, 0.25) is 0 Å². The van der Waals surface area contributed by atoms with Gasteiger partial charge in [-0.3, -0.25) is 0 Å². The van der Waals surface area contributed by atoms with Gasteiger partial charge in [-0.1, -0.05) is 6.07 Å². The molecule has 0 spiro atoms. The summed E-state index contributed by atoms with van der Waals surface area (Å²) in [6, 6.07) is 10.8. The van der Waals surface area contributed by atoms with Crippen LogP contribution in [0.25, 0.3) is 5.69 Å². The molecular weight excluding hydrogens is 334 g/mol. The molecule has 1 N–H and O–H groups in total. The highest BCUT2D eigenvalue weighted by Gasteiger charge is 2.08. The zero-order valence-corrected chi connectivity index (χ0v) is 13.4. The van der Waals surface area contributed by atoms with Crippen LogP contribution in [0.1, 0.15) is 17.8 Å². The van der Waals surface area contributed by atoms with Crippen molar-refractivity contribution in [3.05, 3.63) is 63.8 Å². The molecule has 0 saturated carbocycles. The topological polar surface area (TPSA) is 29.9 Å². The molecule has 3 rings (SSSR count). The van der Waals surface area contributed by atoms with Gasteiger partial charge in [-0.2, -0.15) is 0 Å². The Morgan fingerprint density at radius 3 is 2.95 bits per heavy atom. The second-order valence-corrected chi connectivity index (χ2v) is 6.41. The first-order valence-corrected chi connectivity index (χ1v) is 7.98. The summed E-state index contributed by atoms with van der Waals surface area (Å²) in [5, 5.41) is 5.64. The predicted molar refractivity (Wildman–Crippen MR) is 87.6 cm³/mol. The lowest BCUT2D eigenvalue weighted by molar-refractivity contribution is 0.906. The van der Waals surface area contributed by atoms with E-state index >= 15 is 0 Å². The maximum atomic E-state index is 4.08. The van der Waals surface area contributed by atoms with E-state index in [0.717, 1.165) is 15.8 Å². The first-order valence-electron chi connectivity index (χ1n) is 6.31. The standard InChI is InChI=1S/C15H14BrN3S/c1-11(15-7-12(16)9-20-15)18-13-3-2-4-14(8-13)19-6-5-17-10-19/h2-11,18H,1H3. The largest absolute Gasteiger partial charge is 0.378 e. The minimum absolute atomic E-state index is 0.282. The number of thiophene rings is 1. The second-order valence-electron chi connectivity index (χ2n) is 4.55. The molecule has 0 aliphatic rings. The molecule has 20 heavy (non-hydrogen) atoms. The van der Waals surface area contributed by atoms with Gasteiger partial charge in [-0.15, -0.1) is 11.3 Å². The van der Waals surface area contributed by atoms with E-state index in [1.807, 2.05) is 10.8 Å². The first kappa shape index (κ1) is 13.4. The van der Waals surface area contributed by atoms with Crippen LogP contribution >= 0.6 is 27.3 Å². The molecular formula is C15H14BrN3S. The van der Waals surface area contributed by atoms with E-state index in [2.05, 4.69) is 68.9 Å². The first-order chi connectivity index (χ1) is 9.72. The summed E-state index contributed by atoms with van der Waals surface area (Å²) in [6.45, 7) is 2.17. The van der Waals surface area contributed by atoms with Crippen LogP contribution in [-0.2, 0) is 0 Å². The van der Waals surface area contributed by atoms with Gasteiger partial charge < -0.3 is 9.88 Å². The summed E-state index contributed by atoms with van der Waals surface area (Å²) in [6.07, 6.45) is 5.53. The van der Waals surface area contributed by atoms with Crippen LogP contribution in [0.15, 0.2) is 58.9 Å². The van der Waals surface area contributed by atoms with Crippen molar-refractivity contribution in [1.29, 1.82) is 0 Å². The van der Waals surface area contributed by atoms with Gasteiger partial charge in [0.15, 0.2) is 0 Å². The molecule has 2 heterocycles. The Kier molecular flexibility index (Phi) is 3.89. The molecule has 0 bridgehead atoms. The van der Waals surface area contributed by atoms with Gasteiger partial charge in [-0.05, 0) is 47.1 Å². The predicted octanol–water partition coefficient (Wildman–Crippen LogP) is 4.87. The number of anilines is 1. The van der Waals surface area contributed by atoms with Crippen molar-refractivity contribution in [1.82, 2.24) is 9.55 Å². The number of nitrogens with one attached hydrogen (secondary N) is 1. The summed E-state index contributed by atoms with van der Waals surface area (Å²) in [4.78, 5) is 5.39. The normalized spacial score (nSPS) is 12.3. The van der Waals surface area contributed by atoms with E-state index < -0.39 is 0 Å². The molecule has 0 aliphatic carbocycles. The third-order valence-electron chi connectivity index (χ3n) is 3.05. The zero-order valence-electron chi connectivity index (χ0n) is 11.0. The summed E-state index contributed by atoms with van der Waals surface area (Å²) in [7, 11) is 0. The van der Waals surface area contributed by atoms with Crippen molar-refractivity contribution in [3.63, 3.8) is 0 Å². The third kappa shape index (κ3) is 2.94. The SMILES string of the molecule is CC(Nc1cccc(-n2ccnc2)c1)c1cc(Br)cs1. The number of aromatic nitrogens is 2. The Morgan fingerprint density at radius 1 is 1.35 bits per heavy atom. The van der Waals surface area contributed by atoms with Gasteiger partial charge in [0, 0.05) is 38.5 Å². The van der Waals surface area contributed by atoms with Gasteiger partial charge in [0.05, 0.1) is 12.4 Å². The van der Waals surface area contributed by atoms with E-state index in [4.69, 9.17) is 0 Å². The highest BCUT2D eigenvalue weighted by atomic mass is 79.9. The van der Waals surface area contributed by atoms with Crippen LogP contribution in [0.5, 0.6) is 0 Å². The Balaban J connectivity index is 1.79. The van der Waals surface area contributed by atoms with Crippen molar-refractivity contribution >= 4 is 33.0 Å². The smallest absolute Gasteiger partial charge is 0.0991 e. The molecule has 0 fully saturated rings. The molecule has 1 aromatic carbocycles. The maximum Gasteiger partial charge on any atom is 0.0991 e. The van der Waals surface area contributed by atoms with Crippen LogP contribution in [-0.4, -0.2) is 9.55 Å². The van der Waals surface area contributed by atoms with Crippen molar-refractivity contribution in [2.75, 3.05) is 5.32 Å². The quantitative estimate of drug-likeness (QED) is 0.729. The summed E-state index contributed by atoms with van der Waals surface area (Å²) < 4.78 is 3.13. The summed E-state index contributed by atoms with van der Waals surface area (Å²) in [5.74, 6) is 0. The number of imidazole rings is 1. The molecule has 3 aromatic rings. The van der Waals surface area contributed by atoms with Crippen LogP contribution in [0.4, 0.5) is 5.69 Å². The van der Waals surface area contributed by atoms with Gasteiger partial charge in [0.1, 0.15) is 0 Å². The molecule has 0 radical (unpaired) electrons. The van der Waals surface area contributed by atoms with Crippen molar-refractivity contribution in [3.8, 4) is 5.69 Å². The molecule has 0 amide bonds. The van der Waals surface area contributed by atoms with Gasteiger partial charge in [-0.25, -0.2) is 4.98 Å². The minimum atomic E-state index is 0.282. The Bertz CT molecular complexity index is 691. The fourth-order valence-corrected chi connectivity index (χ4v) is 3.50. The van der Waals surface area contributed by atoms with Crippen molar-refractivity contribution in [2.24, 2.45) is 0 Å². The highest BCUT2D eigenvalue weighted by Crippen LogP contribution is 2.28. The number of hydrogen-bond acceptors (Lipinski definition) is 3. The second kappa shape index (κ2) is 5.81. The molecule has 2 aromatic heterocycles. The van der Waals surface area contributed by atoms with Crippen LogP contribution in [0.3, 0.4) is 0 Å². The number of halogens is 1. The number of hydrogen-bond donors (Lipinski definition) is 1. The third-order valence-corrected chi connectivity index (χ3v) is 4.92. The average Bonchev–Trinajstić information content (AvgIpc) is 3.10. The van der Waals surface area contributed by atoms with E-state index in [9.17, 15) is 0 Å². The van der Waals surface area contributed by atoms with E-state index in [1.54, 1.807) is 23.9 Å². The molecule has 5 heteroatoms. The fraction of sp³-hybridized carbons (Fsp3) is 0.133. The monoisotopic (exact) mass is 347 g/mol. The van der Waals surface area contributed by atoms with Crippen LogP contribution < -0.4 is 5.32 Å². The Labute approximate surface area is 130 Å². The minimum Gasteiger partial charge on any atom is -0.378 e. The fourth-order valence-electron chi connectivity index (χ4n) is 2.04. The average molecular weight is 348 g/mol. The summed E-state index contributed by atoms with van der Waals surface area (Å²) >= 11 is 5.25. The highest BCUT2D eigenvalue weighted by molar-refractivity contribution is 9.10. The number of nitrogens with zero attached hydrogens (tertiary/aromatic N) is 2. The molecule has 0 saturated heterocycles. The Morgan fingerprint density at radius 2 is 2.25 bits per heavy atom. The zero-order chi connectivity index (χ0) is 13.9. The lowest BCUT2D eigenvalue weighted by atomic mass is 10.2. The lowest BCUT2D eigenvalue weighted by Crippen LogP contribution is -2.05. The number of rotatable bonds is 4. The number of benzene rings is 1. The molecule has 1 unspecified atom stereocenters. The van der Waals surface area contributed by atoms with Gasteiger partial charge in [0.25, 0.3) is 0 Å². The van der Waals surface area contributed by atoms with Crippen molar-refractivity contribution < 1.29 is 0 Å². The Hall–Kier alpha value is -1.59. The van der Waals surface area contributed by atoms with Crippen LogP contribution in [0.2, 0.25) is 0 Å². The lowest BCUT2D eigenvalue weighted by Gasteiger charge is -2.14. The molecule has 102 valence electrons. The van der Waals surface area contributed by atoms with E-state index in [1.165, 1.54) is 4.88 Å². The maximum absolute atomic E-state index is 4.08. The molecule has 3 nitrogen and oxygen atoms in total.